The molecule has 1 aliphatic heterocycles. The summed E-state index contributed by atoms with van der Waals surface area (Å²) in [5, 5.41) is 2.88. The molecule has 142 valence electrons. The van der Waals surface area contributed by atoms with Gasteiger partial charge in [-0.2, -0.15) is 0 Å². The molecule has 1 aliphatic rings. The number of fused-ring (bicyclic) bond motifs is 1. The third kappa shape index (κ3) is 5.23. The third-order valence-electron chi connectivity index (χ3n) is 4.44. The predicted molar refractivity (Wildman–Crippen MR) is 101 cm³/mol. The van der Waals surface area contributed by atoms with Gasteiger partial charge in [-0.15, -0.1) is 0 Å². The molecule has 1 N–H and O–H groups in total. The fourth-order valence-electron chi connectivity index (χ4n) is 2.96. The number of carbonyl (C=O) groups is 2. The smallest absolute Gasteiger partial charge is 0.231 e. The molecule has 0 atom stereocenters. The molecule has 0 saturated heterocycles. The molecule has 27 heavy (non-hydrogen) atoms. The van der Waals surface area contributed by atoms with Gasteiger partial charge in [0.25, 0.3) is 0 Å². The summed E-state index contributed by atoms with van der Waals surface area (Å²) in [6.45, 7) is 5.08. The maximum Gasteiger partial charge on any atom is 0.231 e. The third-order valence-corrected chi connectivity index (χ3v) is 4.44. The van der Waals surface area contributed by atoms with Crippen LogP contribution in [0.3, 0.4) is 0 Å². The van der Waals surface area contributed by atoms with Crippen molar-refractivity contribution in [3.05, 3.63) is 59.2 Å². The van der Waals surface area contributed by atoms with Gasteiger partial charge in [-0.25, -0.2) is 0 Å². The molecule has 0 saturated carbocycles. The van der Waals surface area contributed by atoms with Crippen LogP contribution in [-0.4, -0.2) is 30.1 Å². The molecule has 0 aromatic heterocycles. The topological polar surface area (TPSA) is 67.9 Å². The minimum Gasteiger partial charge on any atom is -0.454 e. The summed E-state index contributed by atoms with van der Waals surface area (Å²) in [5.74, 6) is 1.28. The van der Waals surface area contributed by atoms with E-state index in [2.05, 4.69) is 11.4 Å². The average molecular weight is 368 g/mol. The van der Waals surface area contributed by atoms with Crippen molar-refractivity contribution in [2.24, 2.45) is 0 Å². The second-order valence-electron chi connectivity index (χ2n) is 6.64. The Morgan fingerprint density at radius 1 is 1.07 bits per heavy atom. The number of hydrogen-bond acceptors (Lipinski definition) is 4. The van der Waals surface area contributed by atoms with Crippen LogP contribution in [0, 0.1) is 6.92 Å². The Morgan fingerprint density at radius 3 is 2.67 bits per heavy atom. The Labute approximate surface area is 159 Å². The van der Waals surface area contributed by atoms with E-state index in [0.29, 0.717) is 25.4 Å². The lowest BCUT2D eigenvalue weighted by Crippen LogP contribution is -2.33. The average Bonchev–Trinajstić information content (AvgIpc) is 3.11. The lowest BCUT2D eigenvalue weighted by Gasteiger charge is -2.21. The molecular formula is C21H24N2O4. The Morgan fingerprint density at radius 2 is 1.89 bits per heavy atom. The lowest BCUT2D eigenvalue weighted by atomic mass is 10.1. The number of nitrogens with one attached hydrogen (secondary N) is 1. The van der Waals surface area contributed by atoms with Crippen LogP contribution in [0.1, 0.15) is 30.0 Å². The van der Waals surface area contributed by atoms with Crippen LogP contribution in [0.15, 0.2) is 42.5 Å². The van der Waals surface area contributed by atoms with Gasteiger partial charge in [-0.1, -0.05) is 35.9 Å². The molecule has 0 bridgehead atoms. The van der Waals surface area contributed by atoms with Crippen molar-refractivity contribution in [1.82, 2.24) is 10.2 Å². The molecule has 2 aromatic carbocycles. The highest BCUT2D eigenvalue weighted by atomic mass is 16.7. The summed E-state index contributed by atoms with van der Waals surface area (Å²) < 4.78 is 10.6. The van der Waals surface area contributed by atoms with Crippen molar-refractivity contribution < 1.29 is 19.1 Å². The largest absolute Gasteiger partial charge is 0.454 e. The highest BCUT2D eigenvalue weighted by Crippen LogP contribution is 2.32. The first-order chi connectivity index (χ1) is 13.0. The summed E-state index contributed by atoms with van der Waals surface area (Å²) >= 11 is 0. The van der Waals surface area contributed by atoms with Crippen molar-refractivity contribution in [2.75, 3.05) is 13.3 Å². The van der Waals surface area contributed by atoms with E-state index in [0.717, 1.165) is 22.4 Å². The van der Waals surface area contributed by atoms with Gasteiger partial charge in [0.05, 0.1) is 0 Å². The van der Waals surface area contributed by atoms with Crippen LogP contribution in [0.5, 0.6) is 11.5 Å². The standard InChI is InChI=1S/C21H24N2O4/c1-15-4-3-5-18(10-15)13-23(16(2)24)9-8-21(25)22-12-17-6-7-19-20(11-17)27-14-26-19/h3-7,10-11H,8-9,12-14H2,1-2H3,(H,22,25). The zero-order chi connectivity index (χ0) is 19.2. The number of nitrogens with zero attached hydrogens (tertiary/aromatic N) is 1. The molecule has 6 heteroatoms. The molecular weight excluding hydrogens is 344 g/mol. The molecule has 1 heterocycles. The van der Waals surface area contributed by atoms with Crippen molar-refractivity contribution in [2.45, 2.75) is 33.4 Å². The van der Waals surface area contributed by atoms with Crippen LogP contribution in [0.2, 0.25) is 0 Å². The van der Waals surface area contributed by atoms with E-state index in [1.807, 2.05) is 43.3 Å². The SMILES string of the molecule is CC(=O)N(CCC(=O)NCc1ccc2c(c1)OCO2)Cc1cccc(C)c1. The van der Waals surface area contributed by atoms with Crippen molar-refractivity contribution in [3.63, 3.8) is 0 Å². The fraction of sp³-hybridized carbons (Fsp3) is 0.333. The zero-order valence-electron chi connectivity index (χ0n) is 15.7. The maximum absolute atomic E-state index is 12.2. The Balaban J connectivity index is 1.48. The molecule has 2 amide bonds. The second kappa shape index (κ2) is 8.58. The van der Waals surface area contributed by atoms with E-state index in [-0.39, 0.29) is 25.0 Å². The van der Waals surface area contributed by atoms with Crippen LogP contribution in [0.4, 0.5) is 0 Å². The number of ether oxygens (including phenoxy) is 2. The second-order valence-corrected chi connectivity index (χ2v) is 6.64. The normalized spacial score (nSPS) is 11.9. The molecule has 3 rings (SSSR count). The minimum absolute atomic E-state index is 0.0416. The first kappa shape index (κ1) is 18.8. The van der Waals surface area contributed by atoms with Gasteiger partial charge in [0, 0.05) is 33.0 Å². The number of carbonyl (C=O) groups excluding carboxylic acids is 2. The molecule has 6 nitrogen and oxygen atoms in total. The molecule has 0 fully saturated rings. The van der Waals surface area contributed by atoms with E-state index >= 15 is 0 Å². The van der Waals surface area contributed by atoms with Gasteiger partial charge in [0.15, 0.2) is 11.5 Å². The summed E-state index contributed by atoms with van der Waals surface area (Å²) in [4.78, 5) is 25.8. The number of benzene rings is 2. The monoisotopic (exact) mass is 368 g/mol. The number of aryl methyl sites for hydroxylation is 1. The highest BCUT2D eigenvalue weighted by molar-refractivity contribution is 5.78. The predicted octanol–water partition coefficient (Wildman–Crippen LogP) is 2.78. The molecule has 0 unspecified atom stereocenters. The zero-order valence-corrected chi connectivity index (χ0v) is 15.7. The van der Waals surface area contributed by atoms with Gasteiger partial charge in [0.2, 0.25) is 18.6 Å². The van der Waals surface area contributed by atoms with Crippen LogP contribution >= 0.6 is 0 Å². The molecule has 0 radical (unpaired) electrons. The Bertz CT molecular complexity index is 835. The highest BCUT2D eigenvalue weighted by Gasteiger charge is 2.14. The molecule has 0 spiro atoms. The Hall–Kier alpha value is -3.02. The number of hydrogen-bond donors (Lipinski definition) is 1. The van der Waals surface area contributed by atoms with E-state index < -0.39 is 0 Å². The minimum atomic E-state index is -0.0943. The van der Waals surface area contributed by atoms with E-state index in [1.54, 1.807) is 4.90 Å². The van der Waals surface area contributed by atoms with Crippen LogP contribution < -0.4 is 14.8 Å². The molecule has 2 aromatic rings. The summed E-state index contributed by atoms with van der Waals surface area (Å²) in [6.07, 6.45) is 0.260. The van der Waals surface area contributed by atoms with Crippen molar-refractivity contribution >= 4 is 11.8 Å². The summed E-state index contributed by atoms with van der Waals surface area (Å²) in [5.41, 5.74) is 3.15. The van der Waals surface area contributed by atoms with Gasteiger partial charge in [-0.05, 0) is 30.2 Å². The maximum atomic E-state index is 12.2. The first-order valence-electron chi connectivity index (χ1n) is 8.97. The quantitative estimate of drug-likeness (QED) is 0.816. The van der Waals surface area contributed by atoms with E-state index in [1.165, 1.54) is 6.92 Å². The van der Waals surface area contributed by atoms with Gasteiger partial charge < -0.3 is 19.7 Å². The van der Waals surface area contributed by atoms with E-state index in [4.69, 9.17) is 9.47 Å². The number of amides is 2. The summed E-state index contributed by atoms with van der Waals surface area (Å²) in [6, 6.07) is 13.6. The van der Waals surface area contributed by atoms with Crippen LogP contribution in [0.25, 0.3) is 0 Å². The van der Waals surface area contributed by atoms with Crippen molar-refractivity contribution in [3.8, 4) is 11.5 Å². The van der Waals surface area contributed by atoms with E-state index in [9.17, 15) is 9.59 Å². The van der Waals surface area contributed by atoms with Gasteiger partial charge in [0.1, 0.15) is 0 Å². The first-order valence-corrected chi connectivity index (χ1v) is 8.97. The summed E-state index contributed by atoms with van der Waals surface area (Å²) in [7, 11) is 0. The Kier molecular flexibility index (Phi) is 5.96. The van der Waals surface area contributed by atoms with Crippen molar-refractivity contribution in [1.29, 1.82) is 0 Å². The van der Waals surface area contributed by atoms with Gasteiger partial charge >= 0.3 is 0 Å². The molecule has 0 aliphatic carbocycles. The van der Waals surface area contributed by atoms with Crippen LogP contribution in [-0.2, 0) is 22.7 Å². The van der Waals surface area contributed by atoms with Gasteiger partial charge in [-0.3, -0.25) is 9.59 Å². The lowest BCUT2D eigenvalue weighted by molar-refractivity contribution is -0.130. The fourth-order valence-corrected chi connectivity index (χ4v) is 2.96. The number of rotatable bonds is 7.